The maximum atomic E-state index is 6.15. The first kappa shape index (κ1) is 18.9. The Balaban J connectivity index is 0.00000208. The molecule has 0 bridgehead atoms. The highest BCUT2D eigenvalue weighted by Gasteiger charge is 2.13. The van der Waals surface area contributed by atoms with Gasteiger partial charge in [-0.1, -0.05) is 47.5 Å². The summed E-state index contributed by atoms with van der Waals surface area (Å²) in [6.07, 6.45) is 4.09. The predicted molar refractivity (Wildman–Crippen MR) is 102 cm³/mol. The molecule has 1 aliphatic rings. The van der Waals surface area contributed by atoms with Crippen LogP contribution in [0.5, 0.6) is 11.5 Å². The van der Waals surface area contributed by atoms with E-state index in [1.54, 1.807) is 6.07 Å². The van der Waals surface area contributed by atoms with E-state index in [4.69, 9.17) is 32.7 Å². The van der Waals surface area contributed by atoms with Crippen molar-refractivity contribution in [1.82, 2.24) is 4.90 Å². The van der Waals surface area contributed by atoms with E-state index in [-0.39, 0.29) is 12.4 Å². The van der Waals surface area contributed by atoms with E-state index in [1.807, 2.05) is 30.3 Å². The van der Waals surface area contributed by atoms with Crippen LogP contribution >= 0.6 is 35.6 Å². The SMILES string of the molecule is CN(C/C=C/c1ccc(Cl)cc1Cl)Cc1ccc2c(c1)OCO2.Cl. The lowest BCUT2D eigenvalue weighted by atomic mass is 10.2. The average Bonchev–Trinajstić information content (AvgIpc) is 2.97. The van der Waals surface area contributed by atoms with Crippen molar-refractivity contribution in [2.75, 3.05) is 20.4 Å². The summed E-state index contributed by atoms with van der Waals surface area (Å²) in [6.45, 7) is 1.95. The molecule has 2 aromatic carbocycles. The minimum Gasteiger partial charge on any atom is -0.454 e. The van der Waals surface area contributed by atoms with Crippen LogP contribution in [0.4, 0.5) is 0 Å². The fourth-order valence-corrected chi connectivity index (χ4v) is 2.88. The van der Waals surface area contributed by atoms with E-state index in [0.29, 0.717) is 16.8 Å². The summed E-state index contributed by atoms with van der Waals surface area (Å²) in [5.41, 5.74) is 2.15. The van der Waals surface area contributed by atoms with Gasteiger partial charge in [0.05, 0.1) is 0 Å². The molecule has 24 heavy (non-hydrogen) atoms. The van der Waals surface area contributed by atoms with Crippen molar-refractivity contribution >= 4 is 41.7 Å². The molecular weight excluding hydrogens is 369 g/mol. The van der Waals surface area contributed by atoms with Crippen LogP contribution in [-0.4, -0.2) is 25.3 Å². The molecule has 0 saturated heterocycles. The molecule has 1 aliphatic heterocycles. The van der Waals surface area contributed by atoms with Gasteiger partial charge < -0.3 is 9.47 Å². The van der Waals surface area contributed by atoms with E-state index in [0.717, 1.165) is 30.2 Å². The Bertz CT molecular complexity index is 734. The average molecular weight is 387 g/mol. The Morgan fingerprint density at radius 3 is 2.67 bits per heavy atom. The molecular formula is C18H18Cl3NO2. The molecule has 0 spiro atoms. The first-order valence-corrected chi connectivity index (χ1v) is 8.06. The lowest BCUT2D eigenvalue weighted by molar-refractivity contribution is 0.174. The van der Waals surface area contributed by atoms with Gasteiger partial charge in [0.2, 0.25) is 6.79 Å². The molecule has 0 unspecified atom stereocenters. The Labute approximate surface area is 158 Å². The minimum absolute atomic E-state index is 0. The summed E-state index contributed by atoms with van der Waals surface area (Å²) < 4.78 is 10.7. The summed E-state index contributed by atoms with van der Waals surface area (Å²) in [7, 11) is 2.07. The molecule has 0 radical (unpaired) electrons. The van der Waals surface area contributed by atoms with Crippen LogP contribution in [0.25, 0.3) is 6.08 Å². The van der Waals surface area contributed by atoms with Crippen LogP contribution in [0.2, 0.25) is 10.0 Å². The highest BCUT2D eigenvalue weighted by Crippen LogP contribution is 2.32. The van der Waals surface area contributed by atoms with Gasteiger partial charge in [-0.05, 0) is 42.4 Å². The molecule has 6 heteroatoms. The van der Waals surface area contributed by atoms with Crippen molar-refractivity contribution in [3.8, 4) is 11.5 Å². The topological polar surface area (TPSA) is 21.7 Å². The van der Waals surface area contributed by atoms with Crippen molar-refractivity contribution in [1.29, 1.82) is 0 Å². The van der Waals surface area contributed by atoms with Gasteiger partial charge in [0, 0.05) is 23.1 Å². The third-order valence-corrected chi connectivity index (χ3v) is 4.13. The Morgan fingerprint density at radius 2 is 1.88 bits per heavy atom. The predicted octanol–water partition coefficient (Wildman–Crippen LogP) is 5.29. The molecule has 0 saturated carbocycles. The Hall–Kier alpha value is -1.39. The monoisotopic (exact) mass is 385 g/mol. The van der Waals surface area contributed by atoms with Crippen molar-refractivity contribution < 1.29 is 9.47 Å². The number of ether oxygens (including phenoxy) is 2. The molecule has 0 atom stereocenters. The largest absolute Gasteiger partial charge is 0.454 e. The van der Waals surface area contributed by atoms with Gasteiger partial charge in [0.15, 0.2) is 11.5 Å². The highest BCUT2D eigenvalue weighted by atomic mass is 35.5. The van der Waals surface area contributed by atoms with Crippen molar-refractivity contribution in [3.63, 3.8) is 0 Å². The molecule has 0 aliphatic carbocycles. The van der Waals surface area contributed by atoms with E-state index in [2.05, 4.69) is 24.1 Å². The van der Waals surface area contributed by atoms with Crippen molar-refractivity contribution in [2.24, 2.45) is 0 Å². The van der Waals surface area contributed by atoms with Crippen LogP contribution in [0.3, 0.4) is 0 Å². The maximum absolute atomic E-state index is 6.15. The Kier molecular flexibility index (Phi) is 6.81. The molecule has 3 rings (SSSR count). The lowest BCUT2D eigenvalue weighted by Crippen LogP contribution is -2.17. The molecule has 3 nitrogen and oxygen atoms in total. The smallest absolute Gasteiger partial charge is 0.231 e. The van der Waals surface area contributed by atoms with Crippen LogP contribution in [0, 0.1) is 0 Å². The summed E-state index contributed by atoms with van der Waals surface area (Å²) in [5, 5.41) is 1.30. The summed E-state index contributed by atoms with van der Waals surface area (Å²) in [4.78, 5) is 2.21. The molecule has 128 valence electrons. The standard InChI is InChI=1S/C18H17Cl2NO2.ClH/c1-21(8-2-3-14-5-6-15(19)10-16(14)20)11-13-4-7-17-18(9-13)23-12-22-17;/h2-7,9-10H,8,11-12H2,1H3;1H/b3-2+;. The van der Waals surface area contributed by atoms with E-state index >= 15 is 0 Å². The van der Waals surface area contributed by atoms with Crippen molar-refractivity contribution in [2.45, 2.75) is 6.54 Å². The number of halogens is 3. The maximum Gasteiger partial charge on any atom is 0.231 e. The molecule has 1 heterocycles. The molecule has 2 aromatic rings. The Morgan fingerprint density at radius 1 is 1.08 bits per heavy atom. The third kappa shape index (κ3) is 4.81. The van der Waals surface area contributed by atoms with Gasteiger partial charge in [-0.25, -0.2) is 0 Å². The second kappa shape index (κ2) is 8.63. The van der Waals surface area contributed by atoms with Gasteiger partial charge in [0.1, 0.15) is 0 Å². The number of hydrogen-bond acceptors (Lipinski definition) is 3. The number of nitrogens with zero attached hydrogens (tertiary/aromatic N) is 1. The second-order valence-electron chi connectivity index (χ2n) is 5.45. The highest BCUT2D eigenvalue weighted by molar-refractivity contribution is 6.35. The first-order valence-electron chi connectivity index (χ1n) is 7.30. The normalized spacial score (nSPS) is 12.7. The van der Waals surface area contributed by atoms with E-state index < -0.39 is 0 Å². The fraction of sp³-hybridized carbons (Fsp3) is 0.222. The molecule has 0 aromatic heterocycles. The fourth-order valence-electron chi connectivity index (χ4n) is 2.41. The molecule has 0 N–H and O–H groups in total. The summed E-state index contributed by atoms with van der Waals surface area (Å²) in [6, 6.07) is 11.5. The quantitative estimate of drug-likeness (QED) is 0.697. The number of likely N-dealkylation sites (N-methyl/N-ethyl adjacent to an activating group) is 1. The second-order valence-corrected chi connectivity index (χ2v) is 6.30. The first-order chi connectivity index (χ1) is 11.1. The van der Waals surface area contributed by atoms with Crippen LogP contribution < -0.4 is 9.47 Å². The molecule has 0 amide bonds. The van der Waals surface area contributed by atoms with Gasteiger partial charge in [-0.3, -0.25) is 4.90 Å². The van der Waals surface area contributed by atoms with Crippen LogP contribution in [0.15, 0.2) is 42.5 Å². The van der Waals surface area contributed by atoms with Crippen LogP contribution in [0.1, 0.15) is 11.1 Å². The van der Waals surface area contributed by atoms with E-state index in [9.17, 15) is 0 Å². The summed E-state index contributed by atoms with van der Waals surface area (Å²) >= 11 is 12.0. The minimum atomic E-state index is 0. The number of fused-ring (bicyclic) bond motifs is 1. The van der Waals surface area contributed by atoms with Gasteiger partial charge in [0.25, 0.3) is 0 Å². The van der Waals surface area contributed by atoms with E-state index in [1.165, 1.54) is 5.56 Å². The van der Waals surface area contributed by atoms with Gasteiger partial charge in [-0.2, -0.15) is 0 Å². The van der Waals surface area contributed by atoms with Crippen LogP contribution in [-0.2, 0) is 6.54 Å². The zero-order chi connectivity index (χ0) is 16.2. The summed E-state index contributed by atoms with van der Waals surface area (Å²) in [5.74, 6) is 1.63. The number of rotatable bonds is 5. The number of benzene rings is 2. The lowest BCUT2D eigenvalue weighted by Gasteiger charge is -2.14. The third-order valence-electron chi connectivity index (χ3n) is 3.57. The number of hydrogen-bond donors (Lipinski definition) is 0. The zero-order valence-corrected chi connectivity index (χ0v) is 15.5. The van der Waals surface area contributed by atoms with Crippen molar-refractivity contribution in [3.05, 3.63) is 63.6 Å². The van der Waals surface area contributed by atoms with Gasteiger partial charge in [-0.15, -0.1) is 12.4 Å². The zero-order valence-electron chi connectivity index (χ0n) is 13.2. The molecule has 0 fully saturated rings. The van der Waals surface area contributed by atoms with Gasteiger partial charge >= 0.3 is 0 Å².